The molecule has 6 heteroatoms. The van der Waals surface area contributed by atoms with Gasteiger partial charge in [-0.2, -0.15) is 0 Å². The first-order valence-electron chi connectivity index (χ1n) is 9.58. The maximum atomic E-state index is 12.5. The lowest BCUT2D eigenvalue weighted by molar-refractivity contribution is -0.149. The van der Waals surface area contributed by atoms with E-state index in [2.05, 4.69) is 4.98 Å². The summed E-state index contributed by atoms with van der Waals surface area (Å²) in [5.41, 5.74) is 4.01. The van der Waals surface area contributed by atoms with Crippen LogP contribution in [0.1, 0.15) is 23.2 Å². The molecule has 2 heterocycles. The Morgan fingerprint density at radius 1 is 1.17 bits per heavy atom. The molecule has 5 nitrogen and oxygen atoms in total. The monoisotopic (exact) mass is 406 g/mol. The van der Waals surface area contributed by atoms with Gasteiger partial charge >= 0.3 is 5.97 Å². The number of ether oxygens (including phenoxy) is 1. The van der Waals surface area contributed by atoms with Gasteiger partial charge in [-0.1, -0.05) is 60.2 Å². The van der Waals surface area contributed by atoms with E-state index in [1.807, 2.05) is 66.9 Å². The van der Waals surface area contributed by atoms with Gasteiger partial charge in [0.25, 0.3) is 0 Å². The Bertz CT molecular complexity index is 998. The highest BCUT2D eigenvalue weighted by Crippen LogP contribution is 2.25. The molecule has 29 heavy (non-hydrogen) atoms. The van der Waals surface area contributed by atoms with Gasteiger partial charge in [0.1, 0.15) is 11.6 Å². The number of amides is 1. The van der Waals surface area contributed by atoms with Crippen LogP contribution in [0.5, 0.6) is 0 Å². The van der Waals surface area contributed by atoms with Gasteiger partial charge in [-0.3, -0.25) is 9.59 Å². The van der Waals surface area contributed by atoms with Crippen LogP contribution in [0.4, 0.5) is 0 Å². The van der Waals surface area contributed by atoms with E-state index in [-0.39, 0.29) is 24.9 Å². The lowest BCUT2D eigenvalue weighted by Crippen LogP contribution is -2.26. The van der Waals surface area contributed by atoms with Gasteiger partial charge in [0.15, 0.2) is 0 Å². The van der Waals surface area contributed by atoms with Crippen molar-refractivity contribution in [2.75, 3.05) is 6.54 Å². The summed E-state index contributed by atoms with van der Waals surface area (Å²) >= 11 is 1.52. The number of carbonyl (C=O) groups is 2. The lowest BCUT2D eigenvalue weighted by Gasteiger charge is -2.16. The minimum atomic E-state index is -0.417. The van der Waals surface area contributed by atoms with Crippen molar-refractivity contribution in [3.8, 4) is 10.6 Å². The van der Waals surface area contributed by atoms with Crippen LogP contribution in [0, 0.1) is 12.8 Å². The highest BCUT2D eigenvalue weighted by atomic mass is 32.1. The molecule has 0 bridgehead atoms. The summed E-state index contributed by atoms with van der Waals surface area (Å²) in [5, 5.41) is 2.80. The Morgan fingerprint density at radius 2 is 1.93 bits per heavy atom. The zero-order valence-corrected chi connectivity index (χ0v) is 17.0. The molecule has 1 aromatic heterocycles. The quantitative estimate of drug-likeness (QED) is 0.576. The molecule has 3 aromatic rings. The molecule has 1 atom stereocenters. The second-order valence-electron chi connectivity index (χ2n) is 7.28. The molecule has 0 N–H and O–H groups in total. The summed E-state index contributed by atoms with van der Waals surface area (Å²) in [5.74, 6) is -0.758. The summed E-state index contributed by atoms with van der Waals surface area (Å²) in [6, 6.07) is 18.0. The van der Waals surface area contributed by atoms with Gasteiger partial charge in [-0.25, -0.2) is 4.98 Å². The standard InChI is InChI=1S/C23H22N2O3S/c1-16-7-9-17(10-8-16)12-25-13-19(11-21(25)26)23(27)28-14-20-15-29-22(24-20)18-5-3-2-4-6-18/h2-10,15,19H,11-14H2,1H3/t19-/m0/s1. The highest BCUT2D eigenvalue weighted by molar-refractivity contribution is 7.13. The van der Waals surface area contributed by atoms with Crippen molar-refractivity contribution in [3.63, 3.8) is 0 Å². The Labute approximate surface area is 174 Å². The lowest BCUT2D eigenvalue weighted by atomic mass is 10.1. The second kappa shape index (κ2) is 8.57. The maximum absolute atomic E-state index is 12.5. The molecular formula is C23H22N2O3S. The molecule has 4 rings (SSSR count). The third-order valence-electron chi connectivity index (χ3n) is 4.98. The third-order valence-corrected chi connectivity index (χ3v) is 5.92. The minimum absolute atomic E-state index is 0.00690. The van der Waals surface area contributed by atoms with E-state index in [4.69, 9.17) is 4.74 Å². The molecule has 1 fully saturated rings. The number of aryl methyl sites for hydroxylation is 1. The number of thiazole rings is 1. The topological polar surface area (TPSA) is 59.5 Å². The molecule has 2 aromatic carbocycles. The zero-order valence-electron chi connectivity index (χ0n) is 16.2. The van der Waals surface area contributed by atoms with Crippen LogP contribution in [0.3, 0.4) is 0 Å². The predicted molar refractivity (Wildman–Crippen MR) is 112 cm³/mol. The largest absolute Gasteiger partial charge is 0.459 e. The normalized spacial score (nSPS) is 16.2. The first-order chi connectivity index (χ1) is 14.1. The molecule has 1 aliphatic rings. The number of esters is 1. The van der Waals surface area contributed by atoms with Crippen molar-refractivity contribution in [2.45, 2.75) is 26.5 Å². The summed E-state index contributed by atoms with van der Waals surface area (Å²) < 4.78 is 5.45. The van der Waals surface area contributed by atoms with E-state index < -0.39 is 5.92 Å². The van der Waals surface area contributed by atoms with Crippen molar-refractivity contribution < 1.29 is 14.3 Å². The molecule has 0 unspecified atom stereocenters. The van der Waals surface area contributed by atoms with Crippen molar-refractivity contribution in [1.29, 1.82) is 0 Å². The molecule has 0 radical (unpaired) electrons. The van der Waals surface area contributed by atoms with Gasteiger partial charge in [0, 0.05) is 30.5 Å². The summed E-state index contributed by atoms with van der Waals surface area (Å²) in [4.78, 5) is 31.0. The van der Waals surface area contributed by atoms with Crippen LogP contribution < -0.4 is 0 Å². The number of hydrogen-bond acceptors (Lipinski definition) is 5. The average molecular weight is 407 g/mol. The smallest absolute Gasteiger partial charge is 0.311 e. The number of carbonyl (C=O) groups excluding carboxylic acids is 2. The SMILES string of the molecule is Cc1ccc(CN2C[C@@H](C(=O)OCc3csc(-c4ccccc4)n3)CC2=O)cc1. The van der Waals surface area contributed by atoms with E-state index in [0.29, 0.717) is 13.1 Å². The fraction of sp³-hybridized carbons (Fsp3) is 0.261. The van der Waals surface area contributed by atoms with E-state index >= 15 is 0 Å². The first kappa shape index (κ1) is 19.3. The van der Waals surface area contributed by atoms with Crippen molar-refractivity contribution in [2.24, 2.45) is 5.92 Å². The third kappa shape index (κ3) is 4.71. The van der Waals surface area contributed by atoms with E-state index in [1.54, 1.807) is 4.90 Å². The Kier molecular flexibility index (Phi) is 5.71. The first-order valence-corrected chi connectivity index (χ1v) is 10.5. The Morgan fingerprint density at radius 3 is 2.69 bits per heavy atom. The van der Waals surface area contributed by atoms with Crippen molar-refractivity contribution in [1.82, 2.24) is 9.88 Å². The summed E-state index contributed by atoms with van der Waals surface area (Å²) in [6.45, 7) is 3.08. The summed E-state index contributed by atoms with van der Waals surface area (Å²) in [6.07, 6.45) is 0.205. The van der Waals surface area contributed by atoms with Crippen LogP contribution in [-0.4, -0.2) is 28.3 Å². The molecule has 1 amide bonds. The van der Waals surface area contributed by atoms with Gasteiger partial charge in [0.05, 0.1) is 11.6 Å². The van der Waals surface area contributed by atoms with E-state index in [9.17, 15) is 9.59 Å². The van der Waals surface area contributed by atoms with Crippen LogP contribution in [-0.2, 0) is 27.5 Å². The van der Waals surface area contributed by atoms with Gasteiger partial charge in [-0.15, -0.1) is 11.3 Å². The fourth-order valence-electron chi connectivity index (χ4n) is 3.35. The molecular weight excluding hydrogens is 384 g/mol. The number of rotatable bonds is 6. The predicted octanol–water partition coefficient (Wildman–Crippen LogP) is 4.21. The van der Waals surface area contributed by atoms with E-state index in [1.165, 1.54) is 16.9 Å². The molecule has 1 saturated heterocycles. The minimum Gasteiger partial charge on any atom is -0.459 e. The fourth-order valence-corrected chi connectivity index (χ4v) is 4.16. The molecule has 0 saturated carbocycles. The second-order valence-corrected chi connectivity index (χ2v) is 8.14. The van der Waals surface area contributed by atoms with Crippen LogP contribution in [0.2, 0.25) is 0 Å². The number of likely N-dealkylation sites (tertiary alicyclic amines) is 1. The molecule has 148 valence electrons. The Hall–Kier alpha value is -2.99. The number of hydrogen-bond donors (Lipinski definition) is 0. The zero-order chi connectivity index (χ0) is 20.2. The number of nitrogens with zero attached hydrogens (tertiary/aromatic N) is 2. The average Bonchev–Trinajstić information content (AvgIpc) is 3.36. The molecule has 0 spiro atoms. The Balaban J connectivity index is 1.31. The number of benzene rings is 2. The van der Waals surface area contributed by atoms with Crippen LogP contribution in [0.15, 0.2) is 60.0 Å². The van der Waals surface area contributed by atoms with Gasteiger partial charge < -0.3 is 9.64 Å². The van der Waals surface area contributed by atoms with E-state index in [0.717, 1.165) is 21.8 Å². The van der Waals surface area contributed by atoms with Crippen LogP contribution >= 0.6 is 11.3 Å². The van der Waals surface area contributed by atoms with Gasteiger partial charge in [0.2, 0.25) is 5.91 Å². The van der Waals surface area contributed by atoms with Gasteiger partial charge in [-0.05, 0) is 12.5 Å². The van der Waals surface area contributed by atoms with Crippen molar-refractivity contribution >= 4 is 23.2 Å². The van der Waals surface area contributed by atoms with Crippen LogP contribution in [0.25, 0.3) is 10.6 Å². The molecule has 1 aliphatic heterocycles. The van der Waals surface area contributed by atoms with Crippen molar-refractivity contribution in [3.05, 3.63) is 76.8 Å². The maximum Gasteiger partial charge on any atom is 0.311 e. The highest BCUT2D eigenvalue weighted by Gasteiger charge is 2.35. The number of aromatic nitrogens is 1. The summed E-state index contributed by atoms with van der Waals surface area (Å²) in [7, 11) is 0. The molecule has 0 aliphatic carbocycles.